The Labute approximate surface area is 148 Å². The van der Waals surface area contributed by atoms with Gasteiger partial charge in [0, 0.05) is 18.8 Å². The summed E-state index contributed by atoms with van der Waals surface area (Å²) in [5.74, 6) is 0.866. The SMILES string of the molecule is CCOc1ccccc1Nc1nc(C)cc(C(=O)NCCN(C)C)n1. The fourth-order valence-electron chi connectivity index (χ4n) is 2.20. The molecule has 0 radical (unpaired) electrons. The molecule has 2 rings (SSSR count). The summed E-state index contributed by atoms with van der Waals surface area (Å²) >= 11 is 0. The van der Waals surface area contributed by atoms with Gasteiger partial charge in [0.25, 0.3) is 5.91 Å². The van der Waals surface area contributed by atoms with Gasteiger partial charge in [-0.15, -0.1) is 0 Å². The topological polar surface area (TPSA) is 79.4 Å². The molecule has 0 aliphatic carbocycles. The molecule has 0 atom stereocenters. The van der Waals surface area contributed by atoms with Crippen molar-refractivity contribution in [2.45, 2.75) is 13.8 Å². The molecule has 1 aromatic heterocycles. The number of nitrogens with one attached hydrogen (secondary N) is 2. The molecule has 0 spiro atoms. The van der Waals surface area contributed by atoms with Crippen molar-refractivity contribution < 1.29 is 9.53 Å². The number of carbonyl (C=O) groups excluding carboxylic acids is 1. The van der Waals surface area contributed by atoms with Gasteiger partial charge in [0.2, 0.25) is 5.95 Å². The van der Waals surface area contributed by atoms with Crippen LogP contribution < -0.4 is 15.4 Å². The van der Waals surface area contributed by atoms with E-state index in [1.807, 2.05) is 57.1 Å². The molecule has 134 valence electrons. The third kappa shape index (κ3) is 5.72. The first-order valence-corrected chi connectivity index (χ1v) is 8.27. The van der Waals surface area contributed by atoms with Crippen LogP contribution in [-0.4, -0.2) is 54.6 Å². The van der Waals surface area contributed by atoms with Crippen LogP contribution in [0.15, 0.2) is 30.3 Å². The summed E-state index contributed by atoms with van der Waals surface area (Å²) in [5, 5.41) is 5.99. The lowest BCUT2D eigenvalue weighted by Crippen LogP contribution is -2.32. The number of ether oxygens (including phenoxy) is 1. The van der Waals surface area contributed by atoms with Crippen LogP contribution in [0.1, 0.15) is 23.1 Å². The molecule has 1 amide bonds. The molecule has 1 aromatic carbocycles. The predicted molar refractivity (Wildman–Crippen MR) is 98.5 cm³/mol. The summed E-state index contributed by atoms with van der Waals surface area (Å²) in [6.07, 6.45) is 0. The van der Waals surface area contributed by atoms with Gasteiger partial charge in [-0.05, 0) is 46.1 Å². The number of hydrogen-bond acceptors (Lipinski definition) is 6. The quantitative estimate of drug-likeness (QED) is 0.765. The third-order valence-corrected chi connectivity index (χ3v) is 3.36. The second-order valence-corrected chi connectivity index (χ2v) is 5.83. The molecule has 0 fully saturated rings. The van der Waals surface area contributed by atoms with Gasteiger partial charge >= 0.3 is 0 Å². The Bertz CT molecular complexity index is 718. The number of rotatable bonds is 8. The van der Waals surface area contributed by atoms with Gasteiger partial charge in [-0.1, -0.05) is 12.1 Å². The number of anilines is 2. The van der Waals surface area contributed by atoms with Gasteiger partial charge in [0.1, 0.15) is 11.4 Å². The maximum atomic E-state index is 12.3. The van der Waals surface area contributed by atoms with E-state index < -0.39 is 0 Å². The second-order valence-electron chi connectivity index (χ2n) is 5.83. The molecule has 0 saturated carbocycles. The number of amides is 1. The number of nitrogens with zero attached hydrogens (tertiary/aromatic N) is 3. The molecule has 1 heterocycles. The third-order valence-electron chi connectivity index (χ3n) is 3.36. The molecular formula is C18H25N5O2. The summed E-state index contributed by atoms with van der Waals surface area (Å²) in [6, 6.07) is 9.22. The number of hydrogen-bond donors (Lipinski definition) is 2. The van der Waals surface area contributed by atoms with Gasteiger partial charge in [0.05, 0.1) is 12.3 Å². The number of carbonyl (C=O) groups is 1. The standard InChI is InChI=1S/C18H25N5O2/c1-5-25-16-9-7-6-8-14(16)21-18-20-13(2)12-15(22-18)17(24)19-10-11-23(3)4/h6-9,12H,5,10-11H2,1-4H3,(H,19,24)(H,20,21,22). The second kappa shape index (κ2) is 8.98. The minimum absolute atomic E-state index is 0.214. The highest BCUT2D eigenvalue weighted by atomic mass is 16.5. The summed E-state index contributed by atoms with van der Waals surface area (Å²) in [6.45, 7) is 5.65. The largest absolute Gasteiger partial charge is 0.492 e. The van der Waals surface area contributed by atoms with Gasteiger partial charge < -0.3 is 20.3 Å². The molecule has 7 nitrogen and oxygen atoms in total. The Morgan fingerprint density at radius 1 is 1.24 bits per heavy atom. The Kier molecular flexibility index (Phi) is 6.71. The highest BCUT2D eigenvalue weighted by Gasteiger charge is 2.12. The maximum Gasteiger partial charge on any atom is 0.270 e. The van der Waals surface area contributed by atoms with Crippen molar-refractivity contribution >= 4 is 17.5 Å². The molecule has 2 N–H and O–H groups in total. The summed E-state index contributed by atoms with van der Waals surface area (Å²) in [7, 11) is 3.91. The van der Waals surface area contributed by atoms with E-state index in [-0.39, 0.29) is 5.91 Å². The van der Waals surface area contributed by atoms with E-state index in [1.165, 1.54) is 0 Å². The zero-order chi connectivity index (χ0) is 18.2. The minimum atomic E-state index is -0.214. The zero-order valence-electron chi connectivity index (χ0n) is 15.2. The first kappa shape index (κ1) is 18.7. The molecule has 0 bridgehead atoms. The van der Waals surface area contributed by atoms with E-state index in [4.69, 9.17) is 4.74 Å². The van der Waals surface area contributed by atoms with E-state index in [0.29, 0.717) is 36.2 Å². The predicted octanol–water partition coefficient (Wildman–Crippen LogP) is 2.22. The molecule has 0 aliphatic heterocycles. The Balaban J connectivity index is 2.15. The Hall–Kier alpha value is -2.67. The molecule has 0 aliphatic rings. The van der Waals surface area contributed by atoms with Crippen LogP contribution in [0.5, 0.6) is 5.75 Å². The van der Waals surface area contributed by atoms with Gasteiger partial charge in [-0.3, -0.25) is 4.79 Å². The molecule has 0 unspecified atom stereocenters. The number of aryl methyl sites for hydroxylation is 1. The summed E-state index contributed by atoms with van der Waals surface area (Å²) in [5.41, 5.74) is 1.81. The van der Waals surface area contributed by atoms with E-state index in [1.54, 1.807) is 6.07 Å². The Morgan fingerprint density at radius 3 is 2.72 bits per heavy atom. The van der Waals surface area contributed by atoms with Crippen molar-refractivity contribution in [3.8, 4) is 5.75 Å². The average Bonchev–Trinajstić information content (AvgIpc) is 2.56. The molecule has 0 saturated heterocycles. The van der Waals surface area contributed by atoms with Crippen molar-refractivity contribution in [2.24, 2.45) is 0 Å². The highest BCUT2D eigenvalue weighted by Crippen LogP contribution is 2.26. The first-order chi connectivity index (χ1) is 12.0. The van der Waals surface area contributed by atoms with Gasteiger partial charge in [0.15, 0.2) is 0 Å². The lowest BCUT2D eigenvalue weighted by atomic mass is 10.3. The average molecular weight is 343 g/mol. The van der Waals surface area contributed by atoms with E-state index >= 15 is 0 Å². The van der Waals surface area contributed by atoms with Crippen molar-refractivity contribution in [3.05, 3.63) is 41.7 Å². The molecular weight excluding hydrogens is 318 g/mol. The van der Waals surface area contributed by atoms with Crippen LogP contribution in [0, 0.1) is 6.92 Å². The molecule has 2 aromatic rings. The monoisotopic (exact) mass is 343 g/mol. The van der Waals surface area contributed by atoms with E-state index in [9.17, 15) is 4.79 Å². The number of likely N-dealkylation sites (N-methyl/N-ethyl adjacent to an activating group) is 1. The van der Waals surface area contributed by atoms with Crippen LogP contribution in [0.2, 0.25) is 0 Å². The van der Waals surface area contributed by atoms with Crippen LogP contribution in [0.25, 0.3) is 0 Å². The van der Waals surface area contributed by atoms with Crippen molar-refractivity contribution in [1.82, 2.24) is 20.2 Å². The summed E-state index contributed by atoms with van der Waals surface area (Å²) in [4.78, 5) is 23.0. The smallest absolute Gasteiger partial charge is 0.270 e. The van der Waals surface area contributed by atoms with Crippen molar-refractivity contribution in [2.75, 3.05) is 39.1 Å². The Morgan fingerprint density at radius 2 is 2.00 bits per heavy atom. The van der Waals surface area contributed by atoms with Crippen LogP contribution in [0.3, 0.4) is 0 Å². The fourth-order valence-corrected chi connectivity index (χ4v) is 2.20. The van der Waals surface area contributed by atoms with Crippen molar-refractivity contribution in [1.29, 1.82) is 0 Å². The van der Waals surface area contributed by atoms with Gasteiger partial charge in [-0.2, -0.15) is 0 Å². The molecule has 25 heavy (non-hydrogen) atoms. The van der Waals surface area contributed by atoms with Gasteiger partial charge in [-0.25, -0.2) is 9.97 Å². The number of benzene rings is 1. The number of aromatic nitrogens is 2. The number of para-hydroxylation sites is 2. The zero-order valence-corrected chi connectivity index (χ0v) is 15.2. The summed E-state index contributed by atoms with van der Waals surface area (Å²) < 4.78 is 5.59. The van der Waals surface area contributed by atoms with E-state index in [2.05, 4.69) is 20.6 Å². The maximum absolute atomic E-state index is 12.3. The fraction of sp³-hybridized carbons (Fsp3) is 0.389. The molecule has 7 heteroatoms. The van der Waals surface area contributed by atoms with Crippen LogP contribution >= 0.6 is 0 Å². The lowest BCUT2D eigenvalue weighted by molar-refractivity contribution is 0.0946. The minimum Gasteiger partial charge on any atom is -0.492 e. The first-order valence-electron chi connectivity index (χ1n) is 8.27. The lowest BCUT2D eigenvalue weighted by Gasteiger charge is -2.13. The van der Waals surface area contributed by atoms with Crippen molar-refractivity contribution in [3.63, 3.8) is 0 Å². The highest BCUT2D eigenvalue weighted by molar-refractivity contribution is 5.92. The van der Waals surface area contributed by atoms with Crippen LogP contribution in [0.4, 0.5) is 11.6 Å². The normalized spacial score (nSPS) is 10.6. The van der Waals surface area contributed by atoms with E-state index in [0.717, 1.165) is 12.2 Å². The van der Waals surface area contributed by atoms with Crippen LogP contribution in [-0.2, 0) is 0 Å².